The number of fused-ring (bicyclic) bond motifs is 1. The van der Waals surface area contributed by atoms with Gasteiger partial charge in [-0.05, 0) is 39.4 Å². The minimum atomic E-state index is -0.0729. The van der Waals surface area contributed by atoms with Gasteiger partial charge in [0.1, 0.15) is 5.82 Å². The molecule has 2 aromatic rings. The number of imidazole rings is 1. The molecule has 1 aromatic carbocycles. The van der Waals surface area contributed by atoms with E-state index in [1.165, 1.54) is 11.9 Å². The maximum absolute atomic E-state index is 6.29. The Morgan fingerprint density at radius 2 is 2.00 bits per heavy atom. The van der Waals surface area contributed by atoms with Gasteiger partial charge < -0.3 is 9.47 Å². The molecular formula is C16H24ClN3. The Labute approximate surface area is 126 Å². The van der Waals surface area contributed by atoms with Crippen molar-refractivity contribution in [3.05, 3.63) is 30.1 Å². The van der Waals surface area contributed by atoms with Gasteiger partial charge in [-0.25, -0.2) is 4.98 Å². The van der Waals surface area contributed by atoms with E-state index in [1.807, 2.05) is 19.1 Å². The summed E-state index contributed by atoms with van der Waals surface area (Å²) < 4.78 is 2.26. The van der Waals surface area contributed by atoms with E-state index < -0.39 is 0 Å². The highest BCUT2D eigenvalue weighted by Crippen LogP contribution is 2.24. The number of nitrogens with zero attached hydrogens (tertiary/aromatic N) is 3. The highest BCUT2D eigenvalue weighted by atomic mass is 35.5. The van der Waals surface area contributed by atoms with Crippen LogP contribution in [0.5, 0.6) is 0 Å². The topological polar surface area (TPSA) is 21.1 Å². The Morgan fingerprint density at radius 3 is 2.65 bits per heavy atom. The van der Waals surface area contributed by atoms with Crippen molar-refractivity contribution in [2.45, 2.75) is 45.2 Å². The van der Waals surface area contributed by atoms with Crippen LogP contribution in [0.1, 0.15) is 38.4 Å². The summed E-state index contributed by atoms with van der Waals surface area (Å²) in [5.41, 5.74) is 2.20. The summed E-state index contributed by atoms with van der Waals surface area (Å²) >= 11 is 6.29. The van der Waals surface area contributed by atoms with Crippen molar-refractivity contribution in [1.29, 1.82) is 0 Å². The Morgan fingerprint density at radius 1 is 1.30 bits per heavy atom. The van der Waals surface area contributed by atoms with E-state index in [-0.39, 0.29) is 5.38 Å². The second-order valence-electron chi connectivity index (χ2n) is 5.46. The number of halogens is 1. The first-order valence-electron chi connectivity index (χ1n) is 7.34. The quantitative estimate of drug-likeness (QED) is 0.749. The van der Waals surface area contributed by atoms with Crippen LogP contribution in [-0.4, -0.2) is 34.1 Å². The summed E-state index contributed by atoms with van der Waals surface area (Å²) in [4.78, 5) is 7.05. The third-order valence-electron chi connectivity index (χ3n) is 4.06. The first-order chi connectivity index (χ1) is 9.54. The standard InChI is InChI=1S/C16H24ClN3/c1-5-12(2)19(4)10-11-20-15-9-7-6-8-14(15)18-16(20)13(3)17/h6-9,12-13H,5,10-11H2,1-4H3. The van der Waals surface area contributed by atoms with Gasteiger partial charge in [-0.2, -0.15) is 0 Å². The molecule has 1 aromatic heterocycles. The minimum absolute atomic E-state index is 0.0729. The summed E-state index contributed by atoms with van der Waals surface area (Å²) in [6.45, 7) is 8.40. The molecule has 0 aliphatic heterocycles. The molecule has 0 fully saturated rings. The number of benzene rings is 1. The van der Waals surface area contributed by atoms with Gasteiger partial charge in [-0.15, -0.1) is 11.6 Å². The molecule has 0 aliphatic rings. The second kappa shape index (κ2) is 6.59. The van der Waals surface area contributed by atoms with Gasteiger partial charge in [0.15, 0.2) is 0 Å². The number of aromatic nitrogens is 2. The molecule has 0 saturated heterocycles. The van der Waals surface area contributed by atoms with E-state index in [0.717, 1.165) is 24.4 Å². The Hall–Kier alpha value is -1.06. The molecule has 2 unspecified atom stereocenters. The molecule has 4 heteroatoms. The number of hydrogen-bond acceptors (Lipinski definition) is 2. The van der Waals surface area contributed by atoms with Crippen molar-refractivity contribution in [2.75, 3.05) is 13.6 Å². The molecule has 0 saturated carbocycles. The third-order valence-corrected chi connectivity index (χ3v) is 4.25. The number of rotatable bonds is 6. The van der Waals surface area contributed by atoms with Crippen molar-refractivity contribution in [2.24, 2.45) is 0 Å². The SMILES string of the molecule is CCC(C)N(C)CCn1c(C(C)Cl)nc2ccccc21. The van der Waals surface area contributed by atoms with Crippen LogP contribution < -0.4 is 0 Å². The molecule has 2 rings (SSSR count). The molecule has 110 valence electrons. The molecular weight excluding hydrogens is 270 g/mol. The van der Waals surface area contributed by atoms with Gasteiger partial charge in [-0.1, -0.05) is 19.1 Å². The lowest BCUT2D eigenvalue weighted by Crippen LogP contribution is -2.31. The minimum Gasteiger partial charge on any atom is -0.325 e. The van der Waals surface area contributed by atoms with E-state index in [4.69, 9.17) is 11.6 Å². The highest BCUT2D eigenvalue weighted by Gasteiger charge is 2.15. The fourth-order valence-corrected chi connectivity index (χ4v) is 2.59. The third kappa shape index (κ3) is 3.15. The summed E-state index contributed by atoms with van der Waals surface area (Å²) in [5, 5.41) is -0.0729. The molecule has 2 atom stereocenters. The van der Waals surface area contributed by atoms with Crippen LogP contribution in [0.4, 0.5) is 0 Å². The van der Waals surface area contributed by atoms with Gasteiger partial charge in [0.2, 0.25) is 0 Å². The lowest BCUT2D eigenvalue weighted by atomic mass is 10.2. The molecule has 0 spiro atoms. The fourth-order valence-electron chi connectivity index (χ4n) is 2.42. The maximum atomic E-state index is 6.29. The Balaban J connectivity index is 2.25. The van der Waals surface area contributed by atoms with Crippen LogP contribution in [-0.2, 0) is 6.54 Å². The van der Waals surface area contributed by atoms with Gasteiger partial charge in [0.25, 0.3) is 0 Å². The van der Waals surface area contributed by atoms with Gasteiger partial charge >= 0.3 is 0 Å². The predicted octanol–water partition coefficient (Wildman–Crippen LogP) is 4.07. The van der Waals surface area contributed by atoms with E-state index in [0.29, 0.717) is 6.04 Å². The molecule has 0 amide bonds. The molecule has 0 N–H and O–H groups in total. The zero-order chi connectivity index (χ0) is 14.7. The van der Waals surface area contributed by atoms with Crippen LogP contribution in [0, 0.1) is 0 Å². The zero-order valence-corrected chi connectivity index (χ0v) is 13.6. The van der Waals surface area contributed by atoms with Crippen LogP contribution in [0.3, 0.4) is 0 Å². The average molecular weight is 294 g/mol. The van der Waals surface area contributed by atoms with E-state index in [9.17, 15) is 0 Å². The largest absolute Gasteiger partial charge is 0.325 e. The maximum Gasteiger partial charge on any atom is 0.127 e. The van der Waals surface area contributed by atoms with Crippen molar-refractivity contribution in [3.8, 4) is 0 Å². The van der Waals surface area contributed by atoms with Crippen LogP contribution >= 0.6 is 11.6 Å². The Kier molecular flexibility index (Phi) is 5.06. The van der Waals surface area contributed by atoms with Crippen molar-refractivity contribution in [3.63, 3.8) is 0 Å². The molecule has 0 radical (unpaired) electrons. The lowest BCUT2D eigenvalue weighted by molar-refractivity contribution is 0.242. The second-order valence-corrected chi connectivity index (χ2v) is 6.12. The highest BCUT2D eigenvalue weighted by molar-refractivity contribution is 6.20. The van der Waals surface area contributed by atoms with Crippen LogP contribution in [0.2, 0.25) is 0 Å². The molecule has 20 heavy (non-hydrogen) atoms. The van der Waals surface area contributed by atoms with Crippen molar-refractivity contribution >= 4 is 22.6 Å². The summed E-state index contributed by atoms with van der Waals surface area (Å²) in [7, 11) is 2.18. The first-order valence-corrected chi connectivity index (χ1v) is 7.77. The van der Waals surface area contributed by atoms with Gasteiger partial charge in [-0.3, -0.25) is 0 Å². The number of alkyl halides is 1. The molecule has 1 heterocycles. The normalized spacial score (nSPS) is 14.9. The van der Waals surface area contributed by atoms with Gasteiger partial charge in [0, 0.05) is 19.1 Å². The molecule has 0 bridgehead atoms. The number of hydrogen-bond donors (Lipinski definition) is 0. The van der Waals surface area contributed by atoms with Crippen molar-refractivity contribution < 1.29 is 0 Å². The number of para-hydroxylation sites is 2. The van der Waals surface area contributed by atoms with E-state index in [1.54, 1.807) is 0 Å². The molecule has 0 aliphatic carbocycles. The predicted molar refractivity (Wildman–Crippen MR) is 86.4 cm³/mol. The summed E-state index contributed by atoms with van der Waals surface area (Å²) in [5.74, 6) is 0.963. The van der Waals surface area contributed by atoms with Gasteiger partial charge in [0.05, 0.1) is 16.4 Å². The van der Waals surface area contributed by atoms with E-state index >= 15 is 0 Å². The molecule has 3 nitrogen and oxygen atoms in total. The summed E-state index contributed by atoms with van der Waals surface area (Å²) in [6, 6.07) is 8.85. The summed E-state index contributed by atoms with van der Waals surface area (Å²) in [6.07, 6.45) is 1.17. The van der Waals surface area contributed by atoms with Crippen LogP contribution in [0.15, 0.2) is 24.3 Å². The number of likely N-dealkylation sites (N-methyl/N-ethyl adjacent to an activating group) is 1. The van der Waals surface area contributed by atoms with Crippen LogP contribution in [0.25, 0.3) is 11.0 Å². The first kappa shape index (κ1) is 15.3. The van der Waals surface area contributed by atoms with E-state index in [2.05, 4.69) is 47.5 Å². The smallest absolute Gasteiger partial charge is 0.127 e. The Bertz CT molecular complexity index is 562. The lowest BCUT2D eigenvalue weighted by Gasteiger charge is -2.24. The fraction of sp³-hybridized carbons (Fsp3) is 0.562. The monoisotopic (exact) mass is 293 g/mol. The van der Waals surface area contributed by atoms with Crippen molar-refractivity contribution in [1.82, 2.24) is 14.5 Å². The zero-order valence-electron chi connectivity index (χ0n) is 12.8. The average Bonchev–Trinajstić information content (AvgIpc) is 2.82.